The van der Waals surface area contributed by atoms with Crippen LogP contribution in [0.4, 0.5) is 17.1 Å². The van der Waals surface area contributed by atoms with Crippen molar-refractivity contribution >= 4 is 82.1 Å². The number of fused-ring (bicyclic) bond motifs is 9. The molecular weight excluding hydrogens is 727 g/mol. The van der Waals surface area contributed by atoms with Gasteiger partial charge in [0, 0.05) is 33.1 Å². The lowest BCUT2D eigenvalue weighted by molar-refractivity contribution is 0.672. The molecule has 2 heteroatoms. The molecular formula is C58H37NO. The van der Waals surface area contributed by atoms with E-state index in [1.807, 2.05) is 0 Å². The third-order valence-corrected chi connectivity index (χ3v) is 12.2. The van der Waals surface area contributed by atoms with E-state index >= 15 is 0 Å². The minimum atomic E-state index is 0.888. The summed E-state index contributed by atoms with van der Waals surface area (Å²) in [6.45, 7) is 0. The molecule has 0 aliphatic carbocycles. The Morgan fingerprint density at radius 1 is 0.283 bits per heavy atom. The van der Waals surface area contributed by atoms with Gasteiger partial charge in [-0.25, -0.2) is 0 Å². The van der Waals surface area contributed by atoms with E-state index in [2.05, 4.69) is 229 Å². The predicted octanol–water partition coefficient (Wildman–Crippen LogP) is 16.7. The van der Waals surface area contributed by atoms with E-state index in [-0.39, 0.29) is 0 Å². The van der Waals surface area contributed by atoms with Gasteiger partial charge < -0.3 is 9.32 Å². The van der Waals surface area contributed by atoms with Crippen LogP contribution in [-0.2, 0) is 0 Å². The highest BCUT2D eigenvalue weighted by Crippen LogP contribution is 2.44. The Morgan fingerprint density at radius 2 is 0.900 bits per heavy atom. The largest absolute Gasteiger partial charge is 0.455 e. The van der Waals surface area contributed by atoms with Crippen LogP contribution in [0, 0.1) is 0 Å². The number of para-hydroxylation sites is 1. The second-order valence-electron chi connectivity index (χ2n) is 15.7. The van der Waals surface area contributed by atoms with Gasteiger partial charge in [0.1, 0.15) is 11.2 Å². The molecule has 0 aliphatic rings. The molecule has 0 fully saturated rings. The molecule has 0 atom stereocenters. The van der Waals surface area contributed by atoms with Gasteiger partial charge in [0.2, 0.25) is 0 Å². The minimum absolute atomic E-state index is 0.888. The van der Waals surface area contributed by atoms with Crippen molar-refractivity contribution in [3.8, 4) is 33.4 Å². The number of anilines is 3. The molecule has 0 N–H and O–H groups in total. The monoisotopic (exact) mass is 763 g/mol. The SMILES string of the molecule is c1cc(-c2ccc3ccccc3c2)cc(N(c2ccc(-c3cccc4c3ccc3ccccc34)cc2)c2ccccc2-c2ccc3oc4c5ccccc5ccc4c3c2)c1. The molecule has 11 aromatic carbocycles. The van der Waals surface area contributed by atoms with Gasteiger partial charge in [-0.15, -0.1) is 0 Å². The molecule has 1 heterocycles. The molecule has 1 aromatic heterocycles. The van der Waals surface area contributed by atoms with Crippen LogP contribution in [0.3, 0.4) is 0 Å². The highest BCUT2D eigenvalue weighted by molar-refractivity contribution is 6.16. The zero-order valence-corrected chi connectivity index (χ0v) is 32.7. The van der Waals surface area contributed by atoms with E-state index in [9.17, 15) is 0 Å². The first-order chi connectivity index (χ1) is 29.7. The first-order valence-corrected chi connectivity index (χ1v) is 20.6. The Morgan fingerprint density at radius 3 is 1.77 bits per heavy atom. The molecule has 0 amide bonds. The fourth-order valence-electron chi connectivity index (χ4n) is 9.29. The van der Waals surface area contributed by atoms with Crippen molar-refractivity contribution < 1.29 is 4.42 Å². The van der Waals surface area contributed by atoms with Crippen molar-refractivity contribution in [3.05, 3.63) is 224 Å². The summed E-state index contributed by atoms with van der Waals surface area (Å²) in [6.07, 6.45) is 0. The third-order valence-electron chi connectivity index (χ3n) is 12.2. The van der Waals surface area contributed by atoms with Gasteiger partial charge in [0.15, 0.2) is 0 Å². The van der Waals surface area contributed by atoms with Crippen LogP contribution in [0.1, 0.15) is 0 Å². The quantitative estimate of drug-likeness (QED) is 0.157. The number of furan rings is 1. The summed E-state index contributed by atoms with van der Waals surface area (Å²) in [4.78, 5) is 2.41. The summed E-state index contributed by atoms with van der Waals surface area (Å²) in [5, 5.41) is 12.1. The highest BCUT2D eigenvalue weighted by Gasteiger charge is 2.20. The first-order valence-electron chi connectivity index (χ1n) is 20.6. The number of nitrogens with zero attached hydrogens (tertiary/aromatic N) is 1. The number of rotatable bonds is 6. The smallest absolute Gasteiger partial charge is 0.143 e. The molecule has 2 nitrogen and oxygen atoms in total. The fraction of sp³-hybridized carbons (Fsp3) is 0. The second kappa shape index (κ2) is 13.9. The van der Waals surface area contributed by atoms with Crippen molar-refractivity contribution in [2.24, 2.45) is 0 Å². The van der Waals surface area contributed by atoms with Gasteiger partial charge in [-0.05, 0) is 120 Å². The van der Waals surface area contributed by atoms with Crippen molar-refractivity contribution in [3.63, 3.8) is 0 Å². The molecule has 0 radical (unpaired) electrons. The molecule has 0 unspecified atom stereocenters. The average Bonchev–Trinajstić information content (AvgIpc) is 3.70. The van der Waals surface area contributed by atoms with Crippen molar-refractivity contribution in [1.82, 2.24) is 0 Å². The van der Waals surface area contributed by atoms with E-state index in [1.165, 1.54) is 60.0 Å². The fourth-order valence-corrected chi connectivity index (χ4v) is 9.29. The summed E-state index contributed by atoms with van der Waals surface area (Å²) in [5.41, 5.74) is 12.1. The van der Waals surface area contributed by atoms with E-state index in [1.54, 1.807) is 0 Å². The molecule has 0 bridgehead atoms. The zero-order chi connectivity index (χ0) is 39.6. The van der Waals surface area contributed by atoms with Crippen molar-refractivity contribution in [2.45, 2.75) is 0 Å². The first kappa shape index (κ1) is 34.1. The summed E-state index contributed by atoms with van der Waals surface area (Å²) >= 11 is 0. The second-order valence-corrected chi connectivity index (χ2v) is 15.7. The van der Waals surface area contributed by atoms with Crippen LogP contribution in [0.15, 0.2) is 229 Å². The van der Waals surface area contributed by atoms with Crippen LogP contribution in [-0.4, -0.2) is 0 Å². The maximum atomic E-state index is 6.54. The standard InChI is InChI=1S/C58H37NO/c1-2-14-42-35-44(24-23-38(42)11-1)43-15-9-16-47(36-43)59(46-30-25-41(26-31-46)49-20-10-21-52-48-17-5-3-12-39(48)27-32-53(49)52)56-22-8-7-18-50(56)45-29-34-57-55(37-45)54-33-28-40-13-4-6-19-51(40)58(54)60-57/h1-37H. The Labute approximate surface area is 347 Å². The number of hydrogen-bond acceptors (Lipinski definition) is 2. The summed E-state index contributed by atoms with van der Waals surface area (Å²) in [7, 11) is 0. The van der Waals surface area contributed by atoms with Gasteiger partial charge in [-0.3, -0.25) is 0 Å². The van der Waals surface area contributed by atoms with Crippen LogP contribution in [0.25, 0.3) is 98.4 Å². The summed E-state index contributed by atoms with van der Waals surface area (Å²) in [6, 6.07) is 81.4. The highest BCUT2D eigenvalue weighted by atomic mass is 16.3. The Balaban J connectivity index is 1.02. The molecule has 0 saturated heterocycles. The Bertz CT molecular complexity index is 3610. The lowest BCUT2D eigenvalue weighted by Crippen LogP contribution is -2.11. The molecule has 280 valence electrons. The normalized spacial score (nSPS) is 11.7. The van der Waals surface area contributed by atoms with Crippen molar-refractivity contribution in [1.29, 1.82) is 0 Å². The van der Waals surface area contributed by atoms with E-state index in [0.29, 0.717) is 0 Å². The van der Waals surface area contributed by atoms with Gasteiger partial charge in [0.05, 0.1) is 5.69 Å². The molecule has 12 aromatic rings. The minimum Gasteiger partial charge on any atom is -0.455 e. The van der Waals surface area contributed by atoms with E-state index in [4.69, 9.17) is 4.42 Å². The summed E-state index contributed by atoms with van der Waals surface area (Å²) < 4.78 is 6.54. The molecule has 0 saturated carbocycles. The average molecular weight is 764 g/mol. The molecule has 0 spiro atoms. The number of benzene rings is 11. The maximum absolute atomic E-state index is 6.54. The lowest BCUT2D eigenvalue weighted by Gasteiger charge is -2.28. The predicted molar refractivity (Wildman–Crippen MR) is 255 cm³/mol. The van der Waals surface area contributed by atoms with Crippen LogP contribution in [0.5, 0.6) is 0 Å². The third kappa shape index (κ3) is 5.65. The molecule has 0 aliphatic heterocycles. The van der Waals surface area contributed by atoms with E-state index < -0.39 is 0 Å². The van der Waals surface area contributed by atoms with Crippen LogP contribution < -0.4 is 4.90 Å². The summed E-state index contributed by atoms with van der Waals surface area (Å²) in [5.74, 6) is 0. The lowest BCUT2D eigenvalue weighted by atomic mass is 9.94. The van der Waals surface area contributed by atoms with E-state index in [0.717, 1.165) is 55.5 Å². The zero-order valence-electron chi connectivity index (χ0n) is 32.7. The number of hydrogen-bond donors (Lipinski definition) is 0. The van der Waals surface area contributed by atoms with Gasteiger partial charge in [-0.1, -0.05) is 170 Å². The maximum Gasteiger partial charge on any atom is 0.143 e. The topological polar surface area (TPSA) is 16.4 Å². The molecule has 60 heavy (non-hydrogen) atoms. The van der Waals surface area contributed by atoms with Crippen molar-refractivity contribution in [2.75, 3.05) is 4.90 Å². The van der Waals surface area contributed by atoms with Crippen LogP contribution in [0.2, 0.25) is 0 Å². The van der Waals surface area contributed by atoms with Gasteiger partial charge in [-0.2, -0.15) is 0 Å². The van der Waals surface area contributed by atoms with Crippen LogP contribution >= 0.6 is 0 Å². The van der Waals surface area contributed by atoms with Gasteiger partial charge in [0.25, 0.3) is 0 Å². The van der Waals surface area contributed by atoms with Gasteiger partial charge >= 0.3 is 0 Å². The molecule has 12 rings (SSSR count). The Hall–Kier alpha value is -7.94. The Kier molecular flexibility index (Phi) is 7.89.